The van der Waals surface area contributed by atoms with Crippen LogP contribution < -0.4 is 9.47 Å². The van der Waals surface area contributed by atoms with Gasteiger partial charge in [0.2, 0.25) is 0 Å². The number of aryl methyl sites for hydroxylation is 1. The number of aliphatic hydroxyl groups is 1. The van der Waals surface area contributed by atoms with Gasteiger partial charge in [0.05, 0.1) is 17.6 Å². The van der Waals surface area contributed by atoms with E-state index >= 15 is 0 Å². The third-order valence-corrected chi connectivity index (χ3v) is 5.70. The molecule has 0 aliphatic carbocycles. The number of pyridine rings is 1. The monoisotopic (exact) mass is 446 g/mol. The molecule has 1 aromatic carbocycles. The van der Waals surface area contributed by atoms with E-state index in [0.717, 1.165) is 0 Å². The van der Waals surface area contributed by atoms with Crippen LogP contribution in [0.15, 0.2) is 66.9 Å². The standard InChI is InChI=1S/C24H22N4O5/c29-22(16-5-6-18-19(14-16)33-13-12-32-18)20-21(17-4-1-2-7-26-17)28(24(31)23(20)30)10-3-9-27-11-8-25-15-27/h1-2,4-8,11,14-15,21,29H,3,9-10,12-13H2. The molecule has 33 heavy (non-hydrogen) atoms. The Labute approximate surface area is 189 Å². The average molecular weight is 446 g/mol. The lowest BCUT2D eigenvalue weighted by Gasteiger charge is -2.24. The zero-order chi connectivity index (χ0) is 22.8. The van der Waals surface area contributed by atoms with Gasteiger partial charge in [-0.05, 0) is 36.8 Å². The van der Waals surface area contributed by atoms with E-state index in [1.54, 1.807) is 55.1 Å². The van der Waals surface area contributed by atoms with E-state index in [4.69, 9.17) is 9.47 Å². The van der Waals surface area contributed by atoms with Gasteiger partial charge in [-0.25, -0.2) is 4.98 Å². The van der Waals surface area contributed by atoms with Gasteiger partial charge in [0, 0.05) is 37.2 Å². The van der Waals surface area contributed by atoms with Gasteiger partial charge in [-0.15, -0.1) is 0 Å². The fraction of sp³-hybridized carbons (Fsp3) is 0.250. The summed E-state index contributed by atoms with van der Waals surface area (Å²) in [6.07, 6.45) is 7.44. The van der Waals surface area contributed by atoms with E-state index in [0.29, 0.717) is 55.5 Å². The predicted molar refractivity (Wildman–Crippen MR) is 118 cm³/mol. The molecule has 3 aromatic rings. The van der Waals surface area contributed by atoms with Gasteiger partial charge in [-0.2, -0.15) is 0 Å². The lowest BCUT2D eigenvalue weighted by atomic mass is 9.98. The number of carbonyl (C=O) groups is 2. The molecule has 1 unspecified atom stereocenters. The maximum Gasteiger partial charge on any atom is 0.295 e. The number of imidazole rings is 1. The van der Waals surface area contributed by atoms with Crippen LogP contribution in [0.4, 0.5) is 0 Å². The highest BCUT2D eigenvalue weighted by molar-refractivity contribution is 6.46. The van der Waals surface area contributed by atoms with Crippen LogP contribution in [0.5, 0.6) is 11.5 Å². The van der Waals surface area contributed by atoms with E-state index in [1.165, 1.54) is 4.90 Å². The SMILES string of the molecule is O=C1C(=O)N(CCCn2ccnc2)C(c2ccccn2)C1=C(O)c1ccc2c(c1)OCCO2. The van der Waals surface area contributed by atoms with Crippen molar-refractivity contribution in [2.45, 2.75) is 19.0 Å². The van der Waals surface area contributed by atoms with Gasteiger partial charge >= 0.3 is 0 Å². The number of Topliss-reactive ketones (excluding diaryl/α,β-unsaturated/α-hetero) is 1. The summed E-state index contributed by atoms with van der Waals surface area (Å²) in [5, 5.41) is 11.2. The molecule has 1 atom stereocenters. The van der Waals surface area contributed by atoms with Gasteiger partial charge in [-0.1, -0.05) is 6.07 Å². The molecular formula is C24H22N4O5. The van der Waals surface area contributed by atoms with E-state index in [-0.39, 0.29) is 11.3 Å². The number of rotatable bonds is 6. The maximum atomic E-state index is 13.1. The summed E-state index contributed by atoms with van der Waals surface area (Å²) in [6.45, 7) is 1.80. The van der Waals surface area contributed by atoms with E-state index < -0.39 is 17.7 Å². The van der Waals surface area contributed by atoms with Crippen LogP contribution in [-0.2, 0) is 16.1 Å². The summed E-state index contributed by atoms with van der Waals surface area (Å²) in [5.41, 5.74) is 0.896. The normalized spacial score (nSPS) is 19.2. The molecule has 4 heterocycles. The fourth-order valence-electron chi connectivity index (χ4n) is 4.14. The van der Waals surface area contributed by atoms with Crippen LogP contribution >= 0.6 is 0 Å². The molecule has 168 valence electrons. The van der Waals surface area contributed by atoms with Gasteiger partial charge in [-0.3, -0.25) is 14.6 Å². The smallest absolute Gasteiger partial charge is 0.295 e. The van der Waals surface area contributed by atoms with Crippen LogP contribution in [-0.4, -0.2) is 56.0 Å². The van der Waals surface area contributed by atoms with Crippen molar-refractivity contribution in [2.24, 2.45) is 0 Å². The number of aliphatic hydroxyl groups excluding tert-OH is 1. The largest absolute Gasteiger partial charge is 0.507 e. The molecular weight excluding hydrogens is 424 g/mol. The summed E-state index contributed by atoms with van der Waals surface area (Å²) >= 11 is 0. The highest BCUT2D eigenvalue weighted by Crippen LogP contribution is 2.40. The summed E-state index contributed by atoms with van der Waals surface area (Å²) in [7, 11) is 0. The lowest BCUT2D eigenvalue weighted by Crippen LogP contribution is -2.31. The second kappa shape index (κ2) is 8.78. The number of hydrogen-bond donors (Lipinski definition) is 1. The summed E-state index contributed by atoms with van der Waals surface area (Å²) < 4.78 is 13.0. The molecule has 0 radical (unpaired) electrons. The van der Waals surface area contributed by atoms with Gasteiger partial charge in [0.1, 0.15) is 25.0 Å². The van der Waals surface area contributed by atoms with Crippen molar-refractivity contribution in [3.05, 3.63) is 78.1 Å². The van der Waals surface area contributed by atoms with Crippen LogP contribution in [0, 0.1) is 0 Å². The molecule has 0 bridgehead atoms. The van der Waals surface area contributed by atoms with E-state index in [1.807, 2.05) is 10.8 Å². The number of ether oxygens (including phenoxy) is 2. The van der Waals surface area contributed by atoms with Gasteiger partial charge in [0.15, 0.2) is 11.5 Å². The quantitative estimate of drug-likeness (QED) is 0.352. The minimum absolute atomic E-state index is 0.0120. The van der Waals surface area contributed by atoms with Crippen LogP contribution in [0.2, 0.25) is 0 Å². The molecule has 1 amide bonds. The van der Waals surface area contributed by atoms with Crippen molar-refractivity contribution >= 4 is 17.4 Å². The maximum absolute atomic E-state index is 13.1. The Kier molecular flexibility index (Phi) is 5.52. The predicted octanol–water partition coefficient (Wildman–Crippen LogP) is 2.56. The molecule has 9 heteroatoms. The Morgan fingerprint density at radius 3 is 2.67 bits per heavy atom. The lowest BCUT2D eigenvalue weighted by molar-refractivity contribution is -0.140. The molecule has 0 spiro atoms. The zero-order valence-electron chi connectivity index (χ0n) is 17.8. The van der Waals surface area contributed by atoms with Crippen LogP contribution in [0.25, 0.3) is 5.76 Å². The highest BCUT2D eigenvalue weighted by Gasteiger charge is 2.46. The Morgan fingerprint density at radius 1 is 1.06 bits per heavy atom. The second-order valence-corrected chi connectivity index (χ2v) is 7.76. The molecule has 2 aromatic heterocycles. The van der Waals surface area contributed by atoms with Gasteiger partial charge < -0.3 is 24.0 Å². The summed E-state index contributed by atoms with van der Waals surface area (Å²) in [6, 6.07) is 9.45. The average Bonchev–Trinajstić information content (AvgIpc) is 3.46. The molecule has 5 rings (SSSR count). The topological polar surface area (TPSA) is 107 Å². The molecule has 1 fully saturated rings. The highest BCUT2D eigenvalue weighted by atomic mass is 16.6. The van der Waals surface area contributed by atoms with E-state index in [2.05, 4.69) is 9.97 Å². The summed E-state index contributed by atoms with van der Waals surface area (Å²) in [5.74, 6) is -0.609. The molecule has 2 aliphatic heterocycles. The number of aromatic nitrogens is 3. The Balaban J connectivity index is 1.52. The van der Waals surface area contributed by atoms with E-state index in [9.17, 15) is 14.7 Å². The van der Waals surface area contributed by atoms with Crippen molar-refractivity contribution in [2.75, 3.05) is 19.8 Å². The number of hydrogen-bond acceptors (Lipinski definition) is 7. The Morgan fingerprint density at radius 2 is 1.91 bits per heavy atom. The first kappa shape index (κ1) is 20.7. The number of fused-ring (bicyclic) bond motifs is 1. The molecule has 1 N–H and O–H groups in total. The Hall–Kier alpha value is -4.14. The Bertz CT molecular complexity index is 1210. The summed E-state index contributed by atoms with van der Waals surface area (Å²) in [4.78, 5) is 36.0. The number of ketones is 1. The first-order valence-corrected chi connectivity index (χ1v) is 10.7. The number of carbonyl (C=O) groups excluding carboxylic acids is 2. The first-order chi connectivity index (χ1) is 16.1. The zero-order valence-corrected chi connectivity index (χ0v) is 17.8. The van der Waals surface area contributed by atoms with Crippen LogP contribution in [0.1, 0.15) is 23.7 Å². The number of benzene rings is 1. The van der Waals surface area contributed by atoms with Crippen molar-refractivity contribution in [1.29, 1.82) is 0 Å². The number of nitrogens with zero attached hydrogens (tertiary/aromatic N) is 4. The van der Waals surface area contributed by atoms with Crippen LogP contribution in [0.3, 0.4) is 0 Å². The number of likely N-dealkylation sites (tertiary alicyclic amines) is 1. The van der Waals surface area contributed by atoms with Crippen molar-refractivity contribution in [3.8, 4) is 11.5 Å². The van der Waals surface area contributed by atoms with Crippen molar-refractivity contribution in [3.63, 3.8) is 0 Å². The fourth-order valence-corrected chi connectivity index (χ4v) is 4.14. The third-order valence-electron chi connectivity index (χ3n) is 5.70. The number of amides is 1. The minimum atomic E-state index is -0.790. The van der Waals surface area contributed by atoms with Gasteiger partial charge in [0.25, 0.3) is 11.7 Å². The minimum Gasteiger partial charge on any atom is -0.507 e. The first-order valence-electron chi connectivity index (χ1n) is 10.7. The molecule has 1 saturated heterocycles. The second-order valence-electron chi connectivity index (χ2n) is 7.76. The van der Waals surface area contributed by atoms with Crippen molar-refractivity contribution < 1.29 is 24.2 Å². The molecule has 2 aliphatic rings. The molecule has 9 nitrogen and oxygen atoms in total. The third kappa shape index (κ3) is 3.93. The van der Waals surface area contributed by atoms with Crippen molar-refractivity contribution in [1.82, 2.24) is 19.4 Å². The molecule has 0 saturated carbocycles.